The van der Waals surface area contributed by atoms with E-state index in [2.05, 4.69) is 10.2 Å². The van der Waals surface area contributed by atoms with E-state index in [1.165, 1.54) is 0 Å². The summed E-state index contributed by atoms with van der Waals surface area (Å²) in [5.74, 6) is 1.11. The number of halogens is 2. The Morgan fingerprint density at radius 2 is 1.86 bits per heavy atom. The largest absolute Gasteiger partial charge is 0.486 e. The van der Waals surface area contributed by atoms with Crippen LogP contribution in [-0.2, 0) is 11.2 Å². The van der Waals surface area contributed by atoms with Crippen LogP contribution in [0.4, 0.5) is 5.69 Å². The number of carbonyl (C=O) groups excluding carboxylic acids is 1. The Kier molecular flexibility index (Phi) is 5.95. The van der Waals surface area contributed by atoms with Crippen LogP contribution < -0.4 is 14.8 Å². The van der Waals surface area contributed by atoms with Crippen molar-refractivity contribution in [3.63, 3.8) is 0 Å². The van der Waals surface area contributed by atoms with Crippen molar-refractivity contribution in [2.45, 2.75) is 25.3 Å². The molecule has 0 radical (unpaired) electrons. The molecule has 2 aliphatic rings. The fraction of sp³-hybridized carbons (Fsp3) is 0.381. The molecule has 0 aliphatic carbocycles. The van der Waals surface area contributed by atoms with Gasteiger partial charge in [0.1, 0.15) is 13.2 Å². The first-order valence-electron chi connectivity index (χ1n) is 9.46. The van der Waals surface area contributed by atoms with Crippen LogP contribution in [0.1, 0.15) is 18.4 Å². The number of likely N-dealkylation sites (tertiary alicyclic amines) is 1. The van der Waals surface area contributed by atoms with E-state index in [9.17, 15) is 4.79 Å². The number of anilines is 1. The van der Waals surface area contributed by atoms with E-state index in [4.69, 9.17) is 32.7 Å². The van der Waals surface area contributed by atoms with E-state index in [0.29, 0.717) is 48.0 Å². The van der Waals surface area contributed by atoms with Gasteiger partial charge in [0.25, 0.3) is 0 Å². The van der Waals surface area contributed by atoms with Gasteiger partial charge in [-0.3, -0.25) is 9.69 Å². The predicted molar refractivity (Wildman–Crippen MR) is 111 cm³/mol. The molecule has 2 aliphatic heterocycles. The highest BCUT2D eigenvalue weighted by Crippen LogP contribution is 2.38. The summed E-state index contributed by atoms with van der Waals surface area (Å²) in [6.45, 7) is 2.20. The molecule has 0 saturated carbocycles. The van der Waals surface area contributed by atoms with Gasteiger partial charge in [0.05, 0.1) is 17.3 Å². The van der Waals surface area contributed by atoms with Gasteiger partial charge in [-0.1, -0.05) is 41.4 Å². The van der Waals surface area contributed by atoms with Crippen LogP contribution in [0.25, 0.3) is 0 Å². The lowest BCUT2D eigenvalue weighted by molar-refractivity contribution is -0.117. The fourth-order valence-electron chi connectivity index (χ4n) is 3.79. The number of hydrogen-bond acceptors (Lipinski definition) is 4. The molecular formula is C21H22Cl2N2O3. The Labute approximate surface area is 174 Å². The summed E-state index contributed by atoms with van der Waals surface area (Å²) in [5.41, 5.74) is 1.66. The molecule has 28 heavy (non-hydrogen) atoms. The Morgan fingerprint density at radius 1 is 1.11 bits per heavy atom. The third-order valence-corrected chi connectivity index (χ3v) is 5.85. The summed E-state index contributed by atoms with van der Waals surface area (Å²) in [6.07, 6.45) is 2.98. The number of hydrogen-bond donors (Lipinski definition) is 1. The van der Waals surface area contributed by atoms with Crippen molar-refractivity contribution in [3.05, 3.63) is 52.0 Å². The Hall–Kier alpha value is -1.95. The monoisotopic (exact) mass is 420 g/mol. The van der Waals surface area contributed by atoms with Gasteiger partial charge in [0.15, 0.2) is 11.5 Å². The lowest BCUT2D eigenvalue weighted by atomic mass is 10.0. The van der Waals surface area contributed by atoms with Gasteiger partial charge < -0.3 is 14.8 Å². The van der Waals surface area contributed by atoms with Crippen LogP contribution in [0.2, 0.25) is 10.0 Å². The first kappa shape index (κ1) is 19.4. The van der Waals surface area contributed by atoms with Gasteiger partial charge >= 0.3 is 0 Å². The zero-order valence-corrected chi connectivity index (χ0v) is 16.9. The maximum absolute atomic E-state index is 12.6. The number of rotatable bonds is 5. The molecule has 1 fully saturated rings. The molecule has 2 aromatic carbocycles. The van der Waals surface area contributed by atoms with Gasteiger partial charge in [-0.2, -0.15) is 0 Å². The van der Waals surface area contributed by atoms with Gasteiger partial charge in [0.2, 0.25) is 5.91 Å². The van der Waals surface area contributed by atoms with Crippen LogP contribution in [-0.4, -0.2) is 43.2 Å². The molecule has 2 aromatic rings. The summed E-state index contributed by atoms with van der Waals surface area (Å²) >= 11 is 12.6. The number of fused-ring (bicyclic) bond motifs is 1. The molecule has 1 saturated heterocycles. The topological polar surface area (TPSA) is 50.8 Å². The standard InChI is InChI=1S/C21H22Cl2N2O3/c22-16-6-2-1-4-14(16)10-15-5-3-7-25(15)13-21(26)24-18-12-20-19(11-17(18)23)27-8-9-28-20/h1-2,4,6,11-12,15H,3,5,7-10,13H2,(H,24,26). The number of carbonyl (C=O) groups is 1. The fourth-order valence-corrected chi connectivity index (χ4v) is 4.20. The second kappa shape index (κ2) is 8.60. The second-order valence-electron chi connectivity index (χ2n) is 7.09. The summed E-state index contributed by atoms with van der Waals surface area (Å²) in [4.78, 5) is 14.9. The lowest BCUT2D eigenvalue weighted by Crippen LogP contribution is -2.38. The van der Waals surface area contributed by atoms with Crippen LogP contribution in [0.15, 0.2) is 36.4 Å². The molecule has 0 aromatic heterocycles. The van der Waals surface area contributed by atoms with E-state index in [1.807, 2.05) is 24.3 Å². The summed E-state index contributed by atoms with van der Waals surface area (Å²) < 4.78 is 11.1. The molecule has 7 heteroatoms. The first-order chi connectivity index (χ1) is 13.6. The maximum Gasteiger partial charge on any atom is 0.238 e. The Morgan fingerprint density at radius 3 is 2.64 bits per heavy atom. The summed E-state index contributed by atoms with van der Waals surface area (Å²) in [6, 6.07) is 11.6. The molecule has 5 nitrogen and oxygen atoms in total. The van der Waals surface area contributed by atoms with Crippen LogP contribution in [0.5, 0.6) is 11.5 Å². The highest BCUT2D eigenvalue weighted by molar-refractivity contribution is 6.34. The van der Waals surface area contributed by atoms with Gasteiger partial charge in [-0.05, 0) is 37.4 Å². The minimum Gasteiger partial charge on any atom is -0.486 e. The van der Waals surface area contributed by atoms with E-state index in [-0.39, 0.29) is 5.91 Å². The number of nitrogens with one attached hydrogen (secondary N) is 1. The Balaban J connectivity index is 1.40. The molecule has 4 rings (SSSR count). The molecule has 148 valence electrons. The molecule has 2 heterocycles. The highest BCUT2D eigenvalue weighted by Gasteiger charge is 2.27. The minimum atomic E-state index is -0.0929. The zero-order chi connectivity index (χ0) is 19.5. The molecule has 1 atom stereocenters. The minimum absolute atomic E-state index is 0.0929. The quantitative estimate of drug-likeness (QED) is 0.777. The summed E-state index contributed by atoms with van der Waals surface area (Å²) in [7, 11) is 0. The van der Waals surface area contributed by atoms with Gasteiger partial charge in [0, 0.05) is 23.2 Å². The van der Waals surface area contributed by atoms with Crippen molar-refractivity contribution in [1.82, 2.24) is 4.90 Å². The van der Waals surface area contributed by atoms with Crippen LogP contribution in [0.3, 0.4) is 0 Å². The third-order valence-electron chi connectivity index (χ3n) is 5.17. The van der Waals surface area contributed by atoms with Crippen molar-refractivity contribution < 1.29 is 14.3 Å². The second-order valence-corrected chi connectivity index (χ2v) is 7.90. The van der Waals surface area contributed by atoms with Crippen molar-refractivity contribution in [3.8, 4) is 11.5 Å². The van der Waals surface area contributed by atoms with Crippen molar-refractivity contribution in [2.75, 3.05) is 31.6 Å². The number of nitrogens with zero attached hydrogens (tertiary/aromatic N) is 1. The van der Waals surface area contributed by atoms with Gasteiger partial charge in [-0.25, -0.2) is 0 Å². The van der Waals surface area contributed by atoms with Crippen LogP contribution in [0, 0.1) is 0 Å². The van der Waals surface area contributed by atoms with Crippen molar-refractivity contribution >= 4 is 34.8 Å². The average molecular weight is 421 g/mol. The lowest BCUT2D eigenvalue weighted by Gasteiger charge is -2.25. The zero-order valence-electron chi connectivity index (χ0n) is 15.4. The molecule has 1 amide bonds. The molecular weight excluding hydrogens is 399 g/mol. The maximum atomic E-state index is 12.6. The smallest absolute Gasteiger partial charge is 0.238 e. The van der Waals surface area contributed by atoms with E-state index in [0.717, 1.165) is 36.4 Å². The average Bonchev–Trinajstić information content (AvgIpc) is 3.11. The number of benzene rings is 2. The van der Waals surface area contributed by atoms with Crippen molar-refractivity contribution in [1.29, 1.82) is 0 Å². The third kappa shape index (κ3) is 4.37. The summed E-state index contributed by atoms with van der Waals surface area (Å²) in [5, 5.41) is 4.13. The number of amides is 1. The van der Waals surface area contributed by atoms with Crippen molar-refractivity contribution in [2.24, 2.45) is 0 Å². The highest BCUT2D eigenvalue weighted by atomic mass is 35.5. The SMILES string of the molecule is O=C(CN1CCCC1Cc1ccccc1Cl)Nc1cc2c(cc1Cl)OCCO2. The number of ether oxygens (including phenoxy) is 2. The molecule has 0 spiro atoms. The van der Waals surface area contributed by atoms with Crippen LogP contribution >= 0.6 is 23.2 Å². The van der Waals surface area contributed by atoms with E-state index >= 15 is 0 Å². The Bertz CT molecular complexity index is 875. The normalized spacial score (nSPS) is 18.9. The first-order valence-corrected chi connectivity index (χ1v) is 10.2. The molecule has 1 N–H and O–H groups in total. The van der Waals surface area contributed by atoms with E-state index in [1.54, 1.807) is 12.1 Å². The van der Waals surface area contributed by atoms with E-state index < -0.39 is 0 Å². The van der Waals surface area contributed by atoms with Gasteiger partial charge in [-0.15, -0.1) is 0 Å². The molecule has 1 unspecified atom stereocenters. The molecule has 0 bridgehead atoms. The predicted octanol–water partition coefficient (Wildman–Crippen LogP) is 4.41.